The highest BCUT2D eigenvalue weighted by Gasteiger charge is 2.42. The first-order chi connectivity index (χ1) is 9.88. The van der Waals surface area contributed by atoms with Crippen molar-refractivity contribution in [1.82, 2.24) is 10.6 Å². The van der Waals surface area contributed by atoms with Gasteiger partial charge in [0.1, 0.15) is 0 Å². The zero-order valence-electron chi connectivity index (χ0n) is 11.7. The number of nitrogens with one attached hydrogen (secondary N) is 2. The first-order valence-corrected chi connectivity index (χ1v) is 7.31. The number of hydrogen-bond acceptors (Lipinski definition) is 2. The van der Waals surface area contributed by atoms with Crippen LogP contribution in [0.1, 0.15) is 32.1 Å². The highest BCUT2D eigenvalue weighted by atomic mass is 19.4. The van der Waals surface area contributed by atoms with Crippen molar-refractivity contribution in [2.45, 2.75) is 50.4 Å². The van der Waals surface area contributed by atoms with E-state index in [0.717, 1.165) is 0 Å². The highest BCUT2D eigenvalue weighted by Crippen LogP contribution is 2.37. The number of hydrogen-bond donors (Lipinski definition) is 3. The molecule has 0 aromatic rings. The van der Waals surface area contributed by atoms with E-state index >= 15 is 0 Å². The Morgan fingerprint density at radius 3 is 2.57 bits per heavy atom. The fourth-order valence-electron chi connectivity index (χ4n) is 3.03. The Bertz CT molecular complexity index is 398. The Morgan fingerprint density at radius 1 is 1.19 bits per heavy atom. The van der Waals surface area contributed by atoms with E-state index in [1.807, 2.05) is 6.08 Å². The van der Waals surface area contributed by atoms with Gasteiger partial charge >= 0.3 is 12.2 Å². The molecule has 0 aromatic carbocycles. The van der Waals surface area contributed by atoms with Crippen LogP contribution in [0.3, 0.4) is 0 Å². The van der Waals surface area contributed by atoms with Crippen molar-refractivity contribution in [3.63, 3.8) is 0 Å². The second-order valence-electron chi connectivity index (χ2n) is 5.89. The number of carbonyl (C=O) groups is 1. The Kier molecular flexibility index (Phi) is 5.13. The number of aliphatic hydroxyl groups is 1. The molecule has 2 rings (SSSR count). The minimum atomic E-state index is -4.18. The van der Waals surface area contributed by atoms with E-state index in [2.05, 4.69) is 10.6 Å². The molecule has 21 heavy (non-hydrogen) atoms. The van der Waals surface area contributed by atoms with Crippen molar-refractivity contribution in [3.05, 3.63) is 12.2 Å². The number of alkyl halides is 3. The van der Waals surface area contributed by atoms with Crippen molar-refractivity contribution in [2.24, 2.45) is 11.8 Å². The molecule has 0 spiro atoms. The minimum Gasteiger partial charge on any atom is -0.396 e. The number of urea groups is 1. The van der Waals surface area contributed by atoms with Gasteiger partial charge in [-0.05, 0) is 25.7 Å². The van der Waals surface area contributed by atoms with Gasteiger partial charge in [-0.2, -0.15) is 13.2 Å². The summed E-state index contributed by atoms with van der Waals surface area (Å²) in [4.78, 5) is 11.8. The number of carbonyl (C=O) groups excluding carboxylic acids is 1. The normalized spacial score (nSPS) is 33.0. The summed E-state index contributed by atoms with van der Waals surface area (Å²) in [5.74, 6) is -1.28. The van der Waals surface area contributed by atoms with Crippen molar-refractivity contribution in [1.29, 1.82) is 0 Å². The molecule has 0 radical (unpaired) electrons. The number of halogens is 3. The van der Waals surface area contributed by atoms with Crippen LogP contribution in [-0.2, 0) is 0 Å². The van der Waals surface area contributed by atoms with Crippen molar-refractivity contribution >= 4 is 6.03 Å². The summed E-state index contributed by atoms with van der Waals surface area (Å²) in [6, 6.07) is -1.02. The lowest BCUT2D eigenvalue weighted by Gasteiger charge is -2.31. The standard InChI is InChI=1S/C14H21F3N2O2/c15-14(16,17)10-2-1-3-11(7-10)18-13(21)19-12-5-4-9(6-12)8-20/h4-5,9-12,20H,1-3,6-8H2,(H2,18,19,21)/t9-,10?,11?,12+/m0/s1. The van der Waals surface area contributed by atoms with E-state index in [1.165, 1.54) is 0 Å². The van der Waals surface area contributed by atoms with Gasteiger partial charge < -0.3 is 15.7 Å². The molecule has 0 aromatic heterocycles. The maximum absolute atomic E-state index is 12.7. The first kappa shape index (κ1) is 16.1. The third kappa shape index (κ3) is 4.62. The van der Waals surface area contributed by atoms with Gasteiger partial charge in [-0.15, -0.1) is 0 Å². The van der Waals surface area contributed by atoms with Gasteiger partial charge in [-0.25, -0.2) is 4.79 Å². The molecule has 1 fully saturated rings. The molecule has 2 aliphatic carbocycles. The number of amides is 2. The second kappa shape index (κ2) is 6.68. The molecule has 2 aliphatic rings. The lowest BCUT2D eigenvalue weighted by Crippen LogP contribution is -2.48. The van der Waals surface area contributed by atoms with Crippen LogP contribution in [0, 0.1) is 11.8 Å². The minimum absolute atomic E-state index is 0.0339. The van der Waals surface area contributed by atoms with Gasteiger partial charge in [-0.1, -0.05) is 18.6 Å². The van der Waals surface area contributed by atoms with Crippen LogP contribution in [0.15, 0.2) is 12.2 Å². The summed E-state index contributed by atoms with van der Waals surface area (Å²) in [5.41, 5.74) is 0. The summed E-state index contributed by atoms with van der Waals surface area (Å²) in [7, 11) is 0. The van der Waals surface area contributed by atoms with Crippen LogP contribution < -0.4 is 10.6 Å². The van der Waals surface area contributed by atoms with E-state index in [1.54, 1.807) is 6.08 Å². The number of rotatable bonds is 3. The summed E-state index contributed by atoms with van der Waals surface area (Å²) >= 11 is 0. The van der Waals surface area contributed by atoms with Gasteiger partial charge in [0.05, 0.1) is 5.92 Å². The number of aliphatic hydroxyl groups excluding tert-OH is 1. The molecule has 120 valence electrons. The molecule has 1 saturated carbocycles. The Morgan fingerprint density at radius 2 is 1.95 bits per heavy atom. The Hall–Kier alpha value is -1.24. The predicted octanol–water partition coefficient (Wildman–Crippen LogP) is 2.34. The maximum Gasteiger partial charge on any atom is 0.391 e. The molecule has 0 aliphatic heterocycles. The quantitative estimate of drug-likeness (QED) is 0.701. The fraction of sp³-hybridized carbons (Fsp3) is 0.786. The molecule has 7 heteroatoms. The SMILES string of the molecule is O=C(NC1CCCC(C(F)(F)F)C1)N[C@@H]1C=C[C@H](CO)C1. The zero-order valence-corrected chi connectivity index (χ0v) is 11.7. The van der Waals surface area contributed by atoms with E-state index in [4.69, 9.17) is 5.11 Å². The van der Waals surface area contributed by atoms with E-state index in [-0.39, 0.29) is 31.4 Å². The molecule has 2 amide bonds. The van der Waals surface area contributed by atoms with Crippen LogP contribution in [-0.4, -0.2) is 36.0 Å². The summed E-state index contributed by atoms with van der Waals surface area (Å²) in [6.07, 6.45) is 1.25. The molecule has 3 N–H and O–H groups in total. The van der Waals surface area contributed by atoms with Gasteiger partial charge in [0.25, 0.3) is 0 Å². The van der Waals surface area contributed by atoms with Gasteiger partial charge in [0, 0.05) is 24.6 Å². The van der Waals surface area contributed by atoms with Gasteiger partial charge in [0.2, 0.25) is 0 Å². The molecule has 4 nitrogen and oxygen atoms in total. The lowest BCUT2D eigenvalue weighted by molar-refractivity contribution is -0.183. The molecule has 0 bridgehead atoms. The Balaban J connectivity index is 1.76. The molecule has 0 heterocycles. The van der Waals surface area contributed by atoms with Crippen molar-refractivity contribution in [2.75, 3.05) is 6.61 Å². The molecule has 4 atom stereocenters. The molecule has 2 unspecified atom stereocenters. The molecular weight excluding hydrogens is 285 g/mol. The van der Waals surface area contributed by atoms with Gasteiger partial charge in [-0.3, -0.25) is 0 Å². The molecular formula is C14H21F3N2O2. The van der Waals surface area contributed by atoms with Crippen molar-refractivity contribution in [3.8, 4) is 0 Å². The average molecular weight is 306 g/mol. The largest absolute Gasteiger partial charge is 0.396 e. The predicted molar refractivity (Wildman–Crippen MR) is 71.6 cm³/mol. The third-order valence-corrected chi connectivity index (χ3v) is 4.20. The fourth-order valence-corrected chi connectivity index (χ4v) is 3.03. The molecule has 0 saturated heterocycles. The first-order valence-electron chi connectivity index (χ1n) is 7.31. The third-order valence-electron chi connectivity index (χ3n) is 4.20. The van der Waals surface area contributed by atoms with Crippen LogP contribution in [0.5, 0.6) is 0 Å². The van der Waals surface area contributed by atoms with Crippen molar-refractivity contribution < 1.29 is 23.1 Å². The van der Waals surface area contributed by atoms with E-state index in [0.29, 0.717) is 19.3 Å². The van der Waals surface area contributed by atoms with Crippen LogP contribution in [0.4, 0.5) is 18.0 Å². The zero-order chi connectivity index (χ0) is 15.5. The van der Waals surface area contributed by atoms with Crippen LogP contribution >= 0.6 is 0 Å². The summed E-state index contributed by atoms with van der Waals surface area (Å²) in [5, 5.41) is 14.3. The second-order valence-corrected chi connectivity index (χ2v) is 5.89. The van der Waals surface area contributed by atoms with Gasteiger partial charge in [0.15, 0.2) is 0 Å². The maximum atomic E-state index is 12.7. The van der Waals surface area contributed by atoms with Crippen LogP contribution in [0.2, 0.25) is 0 Å². The smallest absolute Gasteiger partial charge is 0.391 e. The summed E-state index contributed by atoms with van der Waals surface area (Å²) in [6.45, 7) is 0.0339. The monoisotopic (exact) mass is 306 g/mol. The lowest BCUT2D eigenvalue weighted by atomic mass is 9.85. The van der Waals surface area contributed by atoms with Crippen LogP contribution in [0.25, 0.3) is 0 Å². The Labute approximate surface area is 121 Å². The van der Waals surface area contributed by atoms with E-state index < -0.39 is 24.2 Å². The van der Waals surface area contributed by atoms with E-state index in [9.17, 15) is 18.0 Å². The average Bonchev–Trinajstić information content (AvgIpc) is 2.85. The highest BCUT2D eigenvalue weighted by molar-refractivity contribution is 5.74. The summed E-state index contributed by atoms with van der Waals surface area (Å²) < 4.78 is 38.1. The topological polar surface area (TPSA) is 61.4 Å².